The van der Waals surface area contributed by atoms with Crippen LogP contribution >= 0.6 is 22.9 Å². The van der Waals surface area contributed by atoms with E-state index in [2.05, 4.69) is 15.6 Å². The number of hydrogen-bond acceptors (Lipinski definition) is 5. The minimum absolute atomic E-state index is 0.0174. The van der Waals surface area contributed by atoms with Gasteiger partial charge < -0.3 is 19.3 Å². The SMILES string of the molecule is CC(C)(COCC(=O)N1CCc2c(n(Cc3ccc(Cl)s3)c3ncccc23)C1)C(=O)O. The van der Waals surface area contributed by atoms with E-state index in [4.69, 9.17) is 16.3 Å². The highest BCUT2D eigenvalue weighted by Crippen LogP contribution is 2.32. The highest BCUT2D eigenvalue weighted by Gasteiger charge is 2.30. The lowest BCUT2D eigenvalue weighted by Gasteiger charge is -2.29. The van der Waals surface area contributed by atoms with Gasteiger partial charge >= 0.3 is 5.97 Å². The van der Waals surface area contributed by atoms with Crippen LogP contribution in [0, 0.1) is 5.41 Å². The van der Waals surface area contributed by atoms with Crippen LogP contribution in [0.1, 0.15) is 30.0 Å². The van der Waals surface area contributed by atoms with E-state index in [0.29, 0.717) is 19.6 Å². The topological polar surface area (TPSA) is 84.7 Å². The maximum Gasteiger partial charge on any atom is 0.311 e. The monoisotopic (exact) mass is 461 g/mol. The van der Waals surface area contributed by atoms with Crippen LogP contribution in [0.25, 0.3) is 11.0 Å². The van der Waals surface area contributed by atoms with Gasteiger partial charge in [-0.25, -0.2) is 4.98 Å². The van der Waals surface area contributed by atoms with Crippen molar-refractivity contribution in [3.63, 3.8) is 0 Å². The van der Waals surface area contributed by atoms with Crippen LogP contribution in [0.2, 0.25) is 4.34 Å². The quantitative estimate of drug-likeness (QED) is 0.578. The Morgan fingerprint density at radius 1 is 1.32 bits per heavy atom. The molecule has 4 heterocycles. The van der Waals surface area contributed by atoms with Gasteiger partial charge in [-0.05, 0) is 50.1 Å². The molecule has 31 heavy (non-hydrogen) atoms. The van der Waals surface area contributed by atoms with E-state index in [1.165, 1.54) is 16.9 Å². The molecule has 3 aromatic rings. The number of halogens is 1. The Labute approximate surface area is 189 Å². The molecule has 9 heteroatoms. The van der Waals surface area contributed by atoms with E-state index in [1.807, 2.05) is 18.2 Å². The van der Waals surface area contributed by atoms with Gasteiger partial charge in [0, 0.05) is 28.7 Å². The van der Waals surface area contributed by atoms with Crippen molar-refractivity contribution in [3.8, 4) is 0 Å². The number of ether oxygens (including phenoxy) is 1. The van der Waals surface area contributed by atoms with Crippen molar-refractivity contribution < 1.29 is 19.4 Å². The molecule has 3 aromatic heterocycles. The fourth-order valence-corrected chi connectivity index (χ4v) is 4.86. The van der Waals surface area contributed by atoms with Gasteiger partial charge in [0.2, 0.25) is 5.91 Å². The molecule has 164 valence electrons. The number of carboxylic acid groups (broad SMARTS) is 1. The number of carboxylic acids is 1. The first-order valence-corrected chi connectivity index (χ1v) is 11.2. The first-order valence-electron chi connectivity index (χ1n) is 10.0. The van der Waals surface area contributed by atoms with Gasteiger partial charge in [-0.15, -0.1) is 11.3 Å². The van der Waals surface area contributed by atoms with Gasteiger partial charge in [-0.2, -0.15) is 0 Å². The molecule has 4 rings (SSSR count). The summed E-state index contributed by atoms with van der Waals surface area (Å²) in [5.41, 5.74) is 2.17. The molecular weight excluding hydrogens is 438 g/mol. The van der Waals surface area contributed by atoms with Crippen LogP contribution in [0.4, 0.5) is 0 Å². The van der Waals surface area contributed by atoms with Gasteiger partial charge in [0.05, 0.1) is 29.4 Å². The van der Waals surface area contributed by atoms with Crippen LogP contribution in [0.3, 0.4) is 0 Å². The maximum absolute atomic E-state index is 12.8. The minimum atomic E-state index is -1.03. The first kappa shape index (κ1) is 21.8. The van der Waals surface area contributed by atoms with Crippen molar-refractivity contribution >= 4 is 45.8 Å². The Morgan fingerprint density at radius 3 is 2.84 bits per heavy atom. The Bertz CT molecular complexity index is 1140. The molecule has 1 amide bonds. The van der Waals surface area contributed by atoms with E-state index in [-0.39, 0.29) is 19.1 Å². The van der Waals surface area contributed by atoms with Crippen LogP contribution in [0.15, 0.2) is 30.5 Å². The Kier molecular flexibility index (Phi) is 6.05. The molecule has 1 aliphatic rings. The van der Waals surface area contributed by atoms with Gasteiger partial charge in [0.1, 0.15) is 12.3 Å². The third-order valence-electron chi connectivity index (χ3n) is 5.58. The predicted octanol–water partition coefficient (Wildman–Crippen LogP) is 3.81. The molecule has 0 aliphatic carbocycles. The zero-order valence-corrected chi connectivity index (χ0v) is 19.0. The molecule has 0 radical (unpaired) electrons. The highest BCUT2D eigenvalue weighted by atomic mass is 35.5. The fourth-order valence-electron chi connectivity index (χ4n) is 3.78. The van der Waals surface area contributed by atoms with Crippen LogP contribution in [0.5, 0.6) is 0 Å². The van der Waals surface area contributed by atoms with Crippen molar-refractivity contribution in [2.75, 3.05) is 19.8 Å². The van der Waals surface area contributed by atoms with Crippen molar-refractivity contribution in [1.82, 2.24) is 14.5 Å². The van der Waals surface area contributed by atoms with Gasteiger partial charge in [-0.3, -0.25) is 9.59 Å². The van der Waals surface area contributed by atoms with E-state index in [1.54, 1.807) is 24.9 Å². The lowest BCUT2D eigenvalue weighted by molar-refractivity contribution is -0.153. The number of rotatable bonds is 7. The lowest BCUT2D eigenvalue weighted by Crippen LogP contribution is -2.40. The molecule has 0 spiro atoms. The number of carbonyl (C=O) groups excluding carboxylic acids is 1. The fraction of sp³-hybridized carbons (Fsp3) is 0.409. The summed E-state index contributed by atoms with van der Waals surface area (Å²) in [5, 5.41) is 10.3. The summed E-state index contributed by atoms with van der Waals surface area (Å²) in [6, 6.07) is 7.91. The number of hydrogen-bond donors (Lipinski definition) is 1. The average molecular weight is 462 g/mol. The largest absolute Gasteiger partial charge is 0.481 e. The summed E-state index contributed by atoms with van der Waals surface area (Å²) in [6.07, 6.45) is 2.52. The summed E-state index contributed by atoms with van der Waals surface area (Å²) in [6.45, 7) is 4.71. The normalized spacial score (nSPS) is 14.1. The van der Waals surface area contributed by atoms with Crippen molar-refractivity contribution in [2.24, 2.45) is 5.41 Å². The maximum atomic E-state index is 12.8. The summed E-state index contributed by atoms with van der Waals surface area (Å²) >= 11 is 7.65. The third kappa shape index (κ3) is 4.46. The van der Waals surface area contributed by atoms with Crippen LogP contribution in [-0.2, 0) is 33.8 Å². The molecule has 0 bridgehead atoms. The molecule has 0 atom stereocenters. The smallest absolute Gasteiger partial charge is 0.311 e. The van der Waals surface area contributed by atoms with Crippen molar-refractivity contribution in [3.05, 3.63) is 50.9 Å². The van der Waals surface area contributed by atoms with Crippen molar-refractivity contribution in [1.29, 1.82) is 0 Å². The molecule has 0 fully saturated rings. The second-order valence-corrected chi connectivity index (χ2v) is 10.1. The predicted molar refractivity (Wildman–Crippen MR) is 120 cm³/mol. The van der Waals surface area contributed by atoms with Crippen molar-refractivity contribution in [2.45, 2.75) is 33.4 Å². The second kappa shape index (κ2) is 8.61. The summed E-state index contributed by atoms with van der Waals surface area (Å²) in [5.74, 6) is -1.09. The zero-order valence-electron chi connectivity index (χ0n) is 17.4. The standard InChI is InChI=1S/C22H24ClN3O4S/c1-22(2,21(28)29)13-30-12-19(27)25-9-7-15-16-4-3-8-24-20(16)26(17(15)11-25)10-14-5-6-18(23)31-14/h3-6,8H,7,9-13H2,1-2H3,(H,28,29). The van der Waals surface area contributed by atoms with Gasteiger partial charge in [0.25, 0.3) is 0 Å². The Balaban J connectivity index is 1.54. The number of carbonyl (C=O) groups is 2. The molecular formula is C22H24ClN3O4S. The highest BCUT2D eigenvalue weighted by molar-refractivity contribution is 7.16. The number of thiophene rings is 1. The summed E-state index contributed by atoms with van der Waals surface area (Å²) in [4.78, 5) is 31.5. The minimum Gasteiger partial charge on any atom is -0.481 e. The molecule has 0 aromatic carbocycles. The molecule has 0 unspecified atom stereocenters. The van der Waals surface area contributed by atoms with E-state index in [9.17, 15) is 14.7 Å². The molecule has 1 aliphatic heterocycles. The summed E-state index contributed by atoms with van der Waals surface area (Å²) in [7, 11) is 0. The average Bonchev–Trinajstić information content (AvgIpc) is 3.29. The van der Waals surface area contributed by atoms with Crippen LogP contribution < -0.4 is 0 Å². The van der Waals surface area contributed by atoms with E-state index >= 15 is 0 Å². The summed E-state index contributed by atoms with van der Waals surface area (Å²) < 4.78 is 8.36. The Morgan fingerprint density at radius 2 is 2.13 bits per heavy atom. The number of nitrogens with zero attached hydrogens (tertiary/aromatic N) is 3. The number of aliphatic carboxylic acids is 1. The van der Waals surface area contributed by atoms with Crippen LogP contribution in [-0.4, -0.2) is 51.2 Å². The number of fused-ring (bicyclic) bond motifs is 3. The van der Waals surface area contributed by atoms with Gasteiger partial charge in [0.15, 0.2) is 0 Å². The second-order valence-electron chi connectivity index (χ2n) is 8.34. The van der Waals surface area contributed by atoms with Gasteiger partial charge in [-0.1, -0.05) is 11.6 Å². The molecule has 0 saturated heterocycles. The Hall–Kier alpha value is -2.42. The van der Waals surface area contributed by atoms with E-state index < -0.39 is 11.4 Å². The number of aromatic nitrogens is 2. The third-order valence-corrected chi connectivity index (χ3v) is 6.79. The molecule has 7 nitrogen and oxygen atoms in total. The number of pyridine rings is 1. The molecule has 1 N–H and O–H groups in total. The molecule has 0 saturated carbocycles. The number of amides is 1. The zero-order chi connectivity index (χ0) is 22.2. The lowest BCUT2D eigenvalue weighted by atomic mass is 9.95. The van der Waals surface area contributed by atoms with E-state index in [0.717, 1.165) is 32.4 Å². The first-order chi connectivity index (χ1) is 14.8.